The second-order valence-corrected chi connectivity index (χ2v) is 6.76. The Morgan fingerprint density at radius 3 is 2.45 bits per heavy atom. The minimum atomic E-state index is -3.17. The van der Waals surface area contributed by atoms with Crippen molar-refractivity contribution in [3.8, 4) is 0 Å². The van der Waals surface area contributed by atoms with Crippen LogP contribution in [0.4, 0.5) is 5.69 Å². The highest BCUT2D eigenvalue weighted by Crippen LogP contribution is 2.17. The van der Waals surface area contributed by atoms with E-state index in [1.807, 2.05) is 6.92 Å². The maximum absolute atomic E-state index is 11.9. The van der Waals surface area contributed by atoms with Gasteiger partial charge in [-0.05, 0) is 37.1 Å². The van der Waals surface area contributed by atoms with Crippen molar-refractivity contribution < 1.29 is 18.3 Å². The Morgan fingerprint density at radius 2 is 1.95 bits per heavy atom. The lowest BCUT2D eigenvalue weighted by Crippen LogP contribution is -2.26. The molecule has 1 unspecified atom stereocenters. The molecule has 0 heterocycles. The summed E-state index contributed by atoms with van der Waals surface area (Å²) >= 11 is 0. The fraction of sp³-hybridized carbons (Fsp3) is 0.571. The largest absolute Gasteiger partial charge is 0.396 e. The lowest BCUT2D eigenvalue weighted by Gasteiger charge is -2.18. The fourth-order valence-electron chi connectivity index (χ4n) is 1.93. The summed E-state index contributed by atoms with van der Waals surface area (Å²) in [7, 11) is -1.56. The van der Waals surface area contributed by atoms with Crippen molar-refractivity contribution in [1.29, 1.82) is 0 Å². The number of benzene rings is 1. The van der Waals surface area contributed by atoms with Crippen LogP contribution in [0.15, 0.2) is 29.2 Å². The van der Waals surface area contributed by atoms with Gasteiger partial charge in [-0.2, -0.15) is 0 Å². The summed E-state index contributed by atoms with van der Waals surface area (Å²) in [5.74, 6) is 0.163. The van der Waals surface area contributed by atoms with Gasteiger partial charge in [0.05, 0.1) is 23.3 Å². The van der Waals surface area contributed by atoms with E-state index in [0.717, 1.165) is 5.69 Å². The molecular formula is C14H23NO4S. The van der Waals surface area contributed by atoms with Gasteiger partial charge in [0.25, 0.3) is 0 Å². The highest BCUT2D eigenvalue weighted by atomic mass is 32.2. The van der Waals surface area contributed by atoms with Crippen molar-refractivity contribution >= 4 is 15.5 Å². The molecule has 20 heavy (non-hydrogen) atoms. The molecule has 0 aromatic heterocycles. The van der Waals surface area contributed by atoms with Crippen molar-refractivity contribution in [2.75, 3.05) is 31.4 Å². The van der Waals surface area contributed by atoms with Crippen LogP contribution in [0.3, 0.4) is 0 Å². The molecule has 0 spiro atoms. The molecule has 5 nitrogen and oxygen atoms in total. The van der Waals surface area contributed by atoms with E-state index in [1.165, 1.54) is 0 Å². The van der Waals surface area contributed by atoms with Gasteiger partial charge in [0.1, 0.15) is 0 Å². The van der Waals surface area contributed by atoms with Gasteiger partial charge in [0.15, 0.2) is 9.84 Å². The van der Waals surface area contributed by atoms with Gasteiger partial charge in [-0.1, -0.05) is 6.92 Å². The van der Waals surface area contributed by atoms with Crippen LogP contribution in [0.5, 0.6) is 0 Å². The SMILES string of the molecule is CCCS(=O)(=O)c1ccc(NC(CCO)COC)cc1. The Hall–Kier alpha value is -1.11. The van der Waals surface area contributed by atoms with Crippen LogP contribution in [0.25, 0.3) is 0 Å². The van der Waals surface area contributed by atoms with Gasteiger partial charge in [-0.15, -0.1) is 0 Å². The van der Waals surface area contributed by atoms with Gasteiger partial charge in [0.2, 0.25) is 0 Å². The molecule has 1 rings (SSSR count). The first-order chi connectivity index (χ1) is 9.53. The summed E-state index contributed by atoms with van der Waals surface area (Å²) in [5.41, 5.74) is 0.816. The Bertz CT molecular complexity index is 478. The van der Waals surface area contributed by atoms with Crippen molar-refractivity contribution in [2.24, 2.45) is 0 Å². The van der Waals surface area contributed by atoms with E-state index in [-0.39, 0.29) is 18.4 Å². The summed E-state index contributed by atoms with van der Waals surface area (Å²) in [6.45, 7) is 2.40. The molecule has 0 aliphatic rings. The molecule has 0 amide bonds. The van der Waals surface area contributed by atoms with Crippen LogP contribution >= 0.6 is 0 Å². The number of aliphatic hydroxyl groups excluding tert-OH is 1. The number of methoxy groups -OCH3 is 1. The zero-order chi connectivity index (χ0) is 15.0. The molecule has 0 saturated carbocycles. The number of anilines is 1. The third-order valence-electron chi connectivity index (χ3n) is 2.90. The molecule has 1 aromatic carbocycles. The molecule has 0 fully saturated rings. The number of hydrogen-bond donors (Lipinski definition) is 2. The average Bonchev–Trinajstić information content (AvgIpc) is 2.40. The molecule has 0 radical (unpaired) electrons. The predicted molar refractivity (Wildman–Crippen MR) is 79.8 cm³/mol. The Kier molecular flexibility index (Phi) is 6.98. The monoisotopic (exact) mass is 301 g/mol. The summed E-state index contributed by atoms with van der Waals surface area (Å²) in [4.78, 5) is 0.343. The third-order valence-corrected chi connectivity index (χ3v) is 4.84. The zero-order valence-electron chi connectivity index (χ0n) is 12.0. The van der Waals surface area contributed by atoms with Gasteiger partial charge in [-0.25, -0.2) is 8.42 Å². The maximum Gasteiger partial charge on any atom is 0.178 e. The summed E-state index contributed by atoms with van der Waals surface area (Å²) in [6.07, 6.45) is 1.18. The summed E-state index contributed by atoms with van der Waals surface area (Å²) in [6, 6.07) is 6.69. The quantitative estimate of drug-likeness (QED) is 0.726. The summed E-state index contributed by atoms with van der Waals surface area (Å²) in [5, 5.41) is 12.2. The van der Waals surface area contributed by atoms with Crippen molar-refractivity contribution in [1.82, 2.24) is 0 Å². The second-order valence-electron chi connectivity index (χ2n) is 4.65. The van der Waals surface area contributed by atoms with E-state index in [0.29, 0.717) is 24.3 Å². The molecular weight excluding hydrogens is 278 g/mol. The number of hydrogen-bond acceptors (Lipinski definition) is 5. The molecule has 0 aliphatic carbocycles. The molecule has 0 saturated heterocycles. The minimum Gasteiger partial charge on any atom is -0.396 e. The number of rotatable bonds is 9. The molecule has 6 heteroatoms. The van der Waals surface area contributed by atoms with Crippen molar-refractivity contribution in [3.05, 3.63) is 24.3 Å². The average molecular weight is 301 g/mol. The summed E-state index contributed by atoms with van der Waals surface area (Å²) < 4.78 is 28.9. The number of aliphatic hydroxyl groups is 1. The number of nitrogens with one attached hydrogen (secondary N) is 1. The first-order valence-electron chi connectivity index (χ1n) is 6.72. The van der Waals surface area contributed by atoms with E-state index in [1.54, 1.807) is 31.4 Å². The van der Waals surface area contributed by atoms with Crippen LogP contribution in [0.2, 0.25) is 0 Å². The molecule has 0 bridgehead atoms. The van der Waals surface area contributed by atoms with Crippen LogP contribution < -0.4 is 5.32 Å². The Balaban J connectivity index is 2.75. The lowest BCUT2D eigenvalue weighted by molar-refractivity contribution is 0.170. The predicted octanol–water partition coefficient (Wildman–Crippen LogP) is 1.68. The van der Waals surface area contributed by atoms with Crippen LogP contribution in [-0.4, -0.2) is 45.6 Å². The Morgan fingerprint density at radius 1 is 1.30 bits per heavy atom. The van der Waals surface area contributed by atoms with E-state index in [9.17, 15) is 8.42 Å². The topological polar surface area (TPSA) is 75.6 Å². The van der Waals surface area contributed by atoms with Gasteiger partial charge >= 0.3 is 0 Å². The minimum absolute atomic E-state index is 0.00287. The normalized spacial score (nSPS) is 13.2. The number of ether oxygens (including phenoxy) is 1. The van der Waals surface area contributed by atoms with Crippen LogP contribution in [0.1, 0.15) is 19.8 Å². The molecule has 2 N–H and O–H groups in total. The first kappa shape index (κ1) is 16.9. The van der Waals surface area contributed by atoms with Gasteiger partial charge < -0.3 is 15.2 Å². The lowest BCUT2D eigenvalue weighted by atomic mass is 10.2. The van der Waals surface area contributed by atoms with Crippen molar-refractivity contribution in [3.63, 3.8) is 0 Å². The van der Waals surface area contributed by atoms with Gasteiger partial charge in [-0.3, -0.25) is 0 Å². The number of sulfone groups is 1. The Labute approximate surface area is 120 Å². The first-order valence-corrected chi connectivity index (χ1v) is 8.38. The maximum atomic E-state index is 11.9. The van der Waals surface area contributed by atoms with E-state index >= 15 is 0 Å². The van der Waals surface area contributed by atoms with E-state index in [4.69, 9.17) is 9.84 Å². The zero-order valence-corrected chi connectivity index (χ0v) is 12.8. The molecule has 0 aliphatic heterocycles. The van der Waals surface area contributed by atoms with E-state index in [2.05, 4.69) is 5.32 Å². The molecule has 114 valence electrons. The second kappa shape index (κ2) is 8.24. The highest BCUT2D eigenvalue weighted by molar-refractivity contribution is 7.91. The third kappa shape index (κ3) is 5.11. The smallest absolute Gasteiger partial charge is 0.178 e. The fourth-order valence-corrected chi connectivity index (χ4v) is 3.26. The highest BCUT2D eigenvalue weighted by Gasteiger charge is 2.13. The molecule has 1 atom stereocenters. The van der Waals surface area contributed by atoms with E-state index < -0.39 is 9.84 Å². The van der Waals surface area contributed by atoms with Crippen molar-refractivity contribution in [2.45, 2.75) is 30.7 Å². The van der Waals surface area contributed by atoms with Gasteiger partial charge in [0, 0.05) is 19.4 Å². The van der Waals surface area contributed by atoms with Crippen LogP contribution in [0, 0.1) is 0 Å². The van der Waals surface area contributed by atoms with Crippen LogP contribution in [-0.2, 0) is 14.6 Å². The standard InChI is InChI=1S/C14H23NO4S/c1-3-10-20(17,18)14-6-4-12(5-7-14)15-13(8-9-16)11-19-2/h4-7,13,15-16H,3,8-11H2,1-2H3. The molecule has 1 aromatic rings.